The van der Waals surface area contributed by atoms with Crippen LogP contribution in [-0.4, -0.2) is 37.1 Å². The average molecular weight is 362 g/mol. The van der Waals surface area contributed by atoms with Gasteiger partial charge in [-0.05, 0) is 49.7 Å². The average Bonchev–Trinajstić information content (AvgIpc) is 2.54. The van der Waals surface area contributed by atoms with E-state index in [2.05, 4.69) is 0 Å². The van der Waals surface area contributed by atoms with Gasteiger partial charge in [0.05, 0.1) is 19.1 Å². The van der Waals surface area contributed by atoms with Crippen LogP contribution in [-0.2, 0) is 11.2 Å². The van der Waals surface area contributed by atoms with Gasteiger partial charge < -0.3 is 14.4 Å². The van der Waals surface area contributed by atoms with Gasteiger partial charge in [-0.3, -0.25) is 4.79 Å². The molecule has 25 heavy (non-hydrogen) atoms. The molecule has 1 amide bonds. The largest absolute Gasteiger partial charge is 0.492 e. The van der Waals surface area contributed by atoms with Crippen molar-refractivity contribution in [1.82, 2.24) is 4.90 Å². The normalized spacial score (nSPS) is 10.6. The van der Waals surface area contributed by atoms with Crippen molar-refractivity contribution in [3.63, 3.8) is 0 Å². The quantitative estimate of drug-likeness (QED) is 0.707. The standard InChI is InChI=1S/C20H24ClNO3/c1-15(2)25-19-9-4-6-16(12-19)13-20(23)22(3)10-11-24-18-8-5-7-17(21)14-18/h4-9,12,14-15H,10-11,13H2,1-3H3. The van der Waals surface area contributed by atoms with E-state index >= 15 is 0 Å². The number of halogens is 1. The van der Waals surface area contributed by atoms with Gasteiger partial charge in [0.25, 0.3) is 0 Å². The third kappa shape index (κ3) is 6.67. The van der Waals surface area contributed by atoms with E-state index in [1.54, 1.807) is 24.1 Å². The Morgan fingerprint density at radius 3 is 2.56 bits per heavy atom. The summed E-state index contributed by atoms with van der Waals surface area (Å²) in [4.78, 5) is 14.0. The lowest BCUT2D eigenvalue weighted by atomic mass is 10.1. The van der Waals surface area contributed by atoms with Crippen molar-refractivity contribution in [1.29, 1.82) is 0 Å². The summed E-state index contributed by atoms with van der Waals surface area (Å²) < 4.78 is 11.3. The minimum absolute atomic E-state index is 0.0383. The molecule has 0 fully saturated rings. The van der Waals surface area contributed by atoms with Crippen molar-refractivity contribution in [2.24, 2.45) is 0 Å². The Hall–Kier alpha value is -2.20. The first kappa shape index (κ1) is 19.1. The zero-order valence-electron chi connectivity index (χ0n) is 14.9. The number of hydrogen-bond acceptors (Lipinski definition) is 3. The molecule has 4 nitrogen and oxygen atoms in total. The van der Waals surface area contributed by atoms with Crippen LogP contribution in [0.1, 0.15) is 19.4 Å². The fraction of sp³-hybridized carbons (Fsp3) is 0.350. The Morgan fingerprint density at radius 1 is 1.12 bits per heavy atom. The van der Waals surface area contributed by atoms with Gasteiger partial charge in [-0.1, -0.05) is 29.8 Å². The van der Waals surface area contributed by atoms with E-state index < -0.39 is 0 Å². The van der Waals surface area contributed by atoms with Crippen molar-refractivity contribution in [3.8, 4) is 11.5 Å². The van der Waals surface area contributed by atoms with Crippen LogP contribution >= 0.6 is 11.6 Å². The van der Waals surface area contributed by atoms with Gasteiger partial charge in [0.2, 0.25) is 5.91 Å². The number of nitrogens with zero attached hydrogens (tertiary/aromatic N) is 1. The summed E-state index contributed by atoms with van der Waals surface area (Å²) >= 11 is 5.92. The van der Waals surface area contributed by atoms with E-state index in [1.807, 2.05) is 50.2 Å². The number of carbonyl (C=O) groups is 1. The number of carbonyl (C=O) groups excluding carboxylic acids is 1. The molecule has 5 heteroatoms. The van der Waals surface area contributed by atoms with E-state index in [9.17, 15) is 4.79 Å². The van der Waals surface area contributed by atoms with Crippen LogP contribution in [0.15, 0.2) is 48.5 Å². The fourth-order valence-electron chi connectivity index (χ4n) is 2.29. The summed E-state index contributed by atoms with van der Waals surface area (Å²) in [5, 5.41) is 0.630. The number of likely N-dealkylation sites (N-methyl/N-ethyl adjacent to an activating group) is 1. The highest BCUT2D eigenvalue weighted by molar-refractivity contribution is 6.30. The molecule has 0 aromatic heterocycles. The lowest BCUT2D eigenvalue weighted by Crippen LogP contribution is -2.32. The van der Waals surface area contributed by atoms with Gasteiger partial charge in [0.1, 0.15) is 18.1 Å². The molecular weight excluding hydrogens is 338 g/mol. The van der Waals surface area contributed by atoms with Crippen molar-refractivity contribution in [2.75, 3.05) is 20.2 Å². The van der Waals surface area contributed by atoms with Crippen molar-refractivity contribution in [2.45, 2.75) is 26.4 Å². The van der Waals surface area contributed by atoms with Gasteiger partial charge in [-0.15, -0.1) is 0 Å². The van der Waals surface area contributed by atoms with E-state index in [1.165, 1.54) is 0 Å². The summed E-state index contributed by atoms with van der Waals surface area (Å²) in [6, 6.07) is 14.9. The lowest BCUT2D eigenvalue weighted by Gasteiger charge is -2.18. The minimum atomic E-state index is 0.0383. The first-order valence-electron chi connectivity index (χ1n) is 8.32. The zero-order valence-corrected chi connectivity index (χ0v) is 15.6. The Balaban J connectivity index is 1.81. The molecule has 0 aliphatic carbocycles. The second kappa shape index (κ2) is 9.33. The van der Waals surface area contributed by atoms with Gasteiger partial charge in [-0.2, -0.15) is 0 Å². The Bertz CT molecular complexity index is 703. The van der Waals surface area contributed by atoms with Crippen LogP contribution in [0.4, 0.5) is 0 Å². The number of hydrogen-bond donors (Lipinski definition) is 0. The second-order valence-corrected chi connectivity index (χ2v) is 6.55. The monoisotopic (exact) mass is 361 g/mol. The molecule has 2 aromatic carbocycles. The van der Waals surface area contributed by atoms with E-state index in [4.69, 9.17) is 21.1 Å². The molecule has 0 bridgehead atoms. The molecule has 0 aliphatic heterocycles. The smallest absolute Gasteiger partial charge is 0.226 e. The van der Waals surface area contributed by atoms with Crippen LogP contribution in [0.25, 0.3) is 0 Å². The molecule has 0 atom stereocenters. The summed E-state index contributed by atoms with van der Waals surface area (Å²) in [7, 11) is 1.78. The summed E-state index contributed by atoms with van der Waals surface area (Å²) in [6.07, 6.45) is 0.445. The highest BCUT2D eigenvalue weighted by Crippen LogP contribution is 2.17. The molecule has 2 aromatic rings. The van der Waals surface area contributed by atoms with Crippen molar-refractivity contribution < 1.29 is 14.3 Å². The maximum atomic E-state index is 12.4. The maximum Gasteiger partial charge on any atom is 0.226 e. The summed E-state index contributed by atoms with van der Waals surface area (Å²) in [5.74, 6) is 1.52. The Kier molecular flexibility index (Phi) is 7.14. The molecule has 0 heterocycles. The topological polar surface area (TPSA) is 38.8 Å². The summed E-state index contributed by atoms with van der Waals surface area (Å²) in [5.41, 5.74) is 0.936. The molecule has 134 valence electrons. The van der Waals surface area contributed by atoms with Gasteiger partial charge in [0, 0.05) is 12.1 Å². The molecule has 0 aliphatic rings. The number of amides is 1. The third-order valence-corrected chi connectivity index (χ3v) is 3.78. The molecule has 0 spiro atoms. The van der Waals surface area contributed by atoms with Crippen LogP contribution in [0.5, 0.6) is 11.5 Å². The number of rotatable bonds is 8. The Labute approximate surface area is 154 Å². The molecule has 0 unspecified atom stereocenters. The van der Waals surface area contributed by atoms with Crippen LogP contribution in [0, 0.1) is 0 Å². The first-order valence-corrected chi connectivity index (χ1v) is 8.70. The predicted octanol–water partition coefficient (Wildman–Crippen LogP) is 4.21. The molecular formula is C20H24ClNO3. The van der Waals surface area contributed by atoms with E-state index in [0.717, 1.165) is 11.3 Å². The van der Waals surface area contributed by atoms with Crippen LogP contribution in [0.2, 0.25) is 5.02 Å². The summed E-state index contributed by atoms with van der Waals surface area (Å²) in [6.45, 7) is 4.88. The van der Waals surface area contributed by atoms with E-state index in [0.29, 0.717) is 30.3 Å². The predicted molar refractivity (Wildman–Crippen MR) is 100 cm³/mol. The first-order chi connectivity index (χ1) is 11.9. The lowest BCUT2D eigenvalue weighted by molar-refractivity contribution is -0.129. The Morgan fingerprint density at radius 2 is 1.84 bits per heavy atom. The molecule has 0 saturated carbocycles. The third-order valence-electron chi connectivity index (χ3n) is 3.54. The fourth-order valence-corrected chi connectivity index (χ4v) is 2.47. The number of benzene rings is 2. The number of ether oxygens (including phenoxy) is 2. The van der Waals surface area contributed by atoms with Gasteiger partial charge >= 0.3 is 0 Å². The second-order valence-electron chi connectivity index (χ2n) is 6.11. The SMILES string of the molecule is CC(C)Oc1cccc(CC(=O)N(C)CCOc2cccc(Cl)c2)c1. The van der Waals surface area contributed by atoms with Crippen molar-refractivity contribution in [3.05, 3.63) is 59.1 Å². The van der Waals surface area contributed by atoms with E-state index in [-0.39, 0.29) is 12.0 Å². The molecule has 2 rings (SSSR count). The molecule has 0 N–H and O–H groups in total. The highest BCUT2D eigenvalue weighted by atomic mass is 35.5. The van der Waals surface area contributed by atoms with Gasteiger partial charge in [-0.25, -0.2) is 0 Å². The van der Waals surface area contributed by atoms with Crippen LogP contribution < -0.4 is 9.47 Å². The van der Waals surface area contributed by atoms with Crippen LogP contribution in [0.3, 0.4) is 0 Å². The molecule has 0 saturated heterocycles. The minimum Gasteiger partial charge on any atom is -0.492 e. The molecule has 0 radical (unpaired) electrons. The van der Waals surface area contributed by atoms with Gasteiger partial charge in [0.15, 0.2) is 0 Å². The van der Waals surface area contributed by atoms with Crippen molar-refractivity contribution >= 4 is 17.5 Å². The maximum absolute atomic E-state index is 12.4. The zero-order chi connectivity index (χ0) is 18.2. The highest BCUT2D eigenvalue weighted by Gasteiger charge is 2.11.